The fraction of sp³-hybridized carbons (Fsp3) is 0.235. The predicted octanol–water partition coefficient (Wildman–Crippen LogP) is 4.12. The Morgan fingerprint density at radius 3 is 2.23 bits per heavy atom. The molecule has 0 saturated heterocycles. The lowest BCUT2D eigenvalue weighted by atomic mass is 9.98. The second kappa shape index (κ2) is 6.71. The van der Waals surface area contributed by atoms with Crippen molar-refractivity contribution in [1.82, 2.24) is 0 Å². The molecule has 0 amide bonds. The van der Waals surface area contributed by atoms with Crippen LogP contribution in [0.1, 0.15) is 15.9 Å². The molecule has 0 fully saturated rings. The monoisotopic (exact) mass is 320 g/mol. The maximum atomic E-state index is 11.6. The van der Waals surface area contributed by atoms with Crippen LogP contribution >= 0.6 is 11.6 Å². The second-order valence-corrected chi connectivity index (χ2v) is 5.12. The Hall–Kier alpha value is -2.20. The number of rotatable bonds is 4. The topological polar surface area (TPSA) is 44.8 Å². The summed E-state index contributed by atoms with van der Waals surface area (Å²) in [4.78, 5) is 11.6. The molecule has 0 radical (unpaired) electrons. The van der Waals surface area contributed by atoms with E-state index in [9.17, 15) is 4.79 Å². The quantitative estimate of drug-likeness (QED) is 0.795. The molecule has 0 aromatic heterocycles. The molecule has 0 unspecified atom stereocenters. The molecule has 0 N–H and O–H groups in total. The molecule has 2 aromatic carbocycles. The van der Waals surface area contributed by atoms with Gasteiger partial charge in [-0.15, -0.1) is 0 Å². The maximum absolute atomic E-state index is 11.6. The summed E-state index contributed by atoms with van der Waals surface area (Å²) in [6.07, 6.45) is 0. The van der Waals surface area contributed by atoms with Crippen LogP contribution in [0.5, 0.6) is 11.5 Å². The normalized spacial score (nSPS) is 10.2. The molecule has 116 valence electrons. The van der Waals surface area contributed by atoms with Gasteiger partial charge in [-0.25, -0.2) is 4.79 Å². The summed E-state index contributed by atoms with van der Waals surface area (Å²) in [5, 5.41) is 0.516. The highest BCUT2D eigenvalue weighted by Crippen LogP contribution is 2.38. The molecule has 5 heteroatoms. The van der Waals surface area contributed by atoms with E-state index in [0.29, 0.717) is 22.1 Å². The third-order valence-electron chi connectivity index (χ3n) is 3.41. The van der Waals surface area contributed by atoms with Crippen LogP contribution in [0, 0.1) is 6.92 Å². The SMILES string of the molecule is COC(=O)c1ccc(-c2cc(Cl)c(OC)cc2C)c(OC)c1. The van der Waals surface area contributed by atoms with E-state index in [1.807, 2.05) is 25.1 Å². The Balaban J connectivity index is 2.57. The average Bonchev–Trinajstić information content (AvgIpc) is 2.55. The van der Waals surface area contributed by atoms with E-state index < -0.39 is 5.97 Å². The third kappa shape index (κ3) is 3.02. The van der Waals surface area contributed by atoms with Gasteiger partial charge in [-0.3, -0.25) is 0 Å². The molecule has 0 heterocycles. The minimum Gasteiger partial charge on any atom is -0.496 e. The second-order valence-electron chi connectivity index (χ2n) is 4.71. The summed E-state index contributed by atoms with van der Waals surface area (Å²) < 4.78 is 15.3. The van der Waals surface area contributed by atoms with E-state index >= 15 is 0 Å². The fourth-order valence-corrected chi connectivity index (χ4v) is 2.50. The van der Waals surface area contributed by atoms with Gasteiger partial charge in [0.05, 0.1) is 31.9 Å². The van der Waals surface area contributed by atoms with Crippen molar-refractivity contribution < 1.29 is 19.0 Å². The highest BCUT2D eigenvalue weighted by Gasteiger charge is 2.15. The Morgan fingerprint density at radius 1 is 0.955 bits per heavy atom. The fourth-order valence-electron chi connectivity index (χ4n) is 2.26. The van der Waals surface area contributed by atoms with Gasteiger partial charge in [0.25, 0.3) is 0 Å². The lowest BCUT2D eigenvalue weighted by molar-refractivity contribution is 0.0600. The van der Waals surface area contributed by atoms with Crippen molar-refractivity contribution in [2.45, 2.75) is 6.92 Å². The Labute approximate surface area is 134 Å². The molecule has 0 spiro atoms. The van der Waals surface area contributed by atoms with E-state index in [1.165, 1.54) is 7.11 Å². The van der Waals surface area contributed by atoms with E-state index in [2.05, 4.69) is 0 Å². The van der Waals surface area contributed by atoms with Crippen molar-refractivity contribution in [1.29, 1.82) is 0 Å². The molecular formula is C17H17ClO4. The van der Waals surface area contributed by atoms with Gasteiger partial charge in [0, 0.05) is 5.56 Å². The van der Waals surface area contributed by atoms with E-state index in [0.717, 1.165) is 16.7 Å². The summed E-state index contributed by atoms with van der Waals surface area (Å²) in [5.41, 5.74) is 3.18. The largest absolute Gasteiger partial charge is 0.496 e. The summed E-state index contributed by atoms with van der Waals surface area (Å²) >= 11 is 6.21. The highest BCUT2D eigenvalue weighted by molar-refractivity contribution is 6.32. The minimum absolute atomic E-state index is 0.408. The number of carbonyl (C=O) groups excluding carboxylic acids is 1. The first kappa shape index (κ1) is 16.2. The standard InChI is InChI=1S/C17H17ClO4/c1-10-7-16(21-3)14(18)9-13(10)12-6-5-11(17(19)22-4)8-15(12)20-2/h5-9H,1-4H3. The molecular weight excluding hydrogens is 304 g/mol. The van der Waals surface area contributed by atoms with Crippen molar-refractivity contribution in [2.75, 3.05) is 21.3 Å². The maximum Gasteiger partial charge on any atom is 0.337 e. The number of benzene rings is 2. The van der Waals surface area contributed by atoms with Gasteiger partial charge in [0.2, 0.25) is 0 Å². The van der Waals surface area contributed by atoms with E-state index in [4.69, 9.17) is 25.8 Å². The average molecular weight is 321 g/mol. The van der Waals surface area contributed by atoms with Crippen LogP contribution in [0.4, 0.5) is 0 Å². The molecule has 2 rings (SSSR count). The molecule has 0 atom stereocenters. The third-order valence-corrected chi connectivity index (χ3v) is 3.71. The van der Waals surface area contributed by atoms with E-state index in [1.54, 1.807) is 26.4 Å². The van der Waals surface area contributed by atoms with Gasteiger partial charge in [-0.2, -0.15) is 0 Å². The van der Waals surface area contributed by atoms with Gasteiger partial charge in [-0.05, 0) is 48.4 Å². The molecule has 22 heavy (non-hydrogen) atoms. The van der Waals surface area contributed by atoms with Crippen molar-refractivity contribution in [3.8, 4) is 22.6 Å². The first-order chi connectivity index (χ1) is 10.5. The number of esters is 1. The van der Waals surface area contributed by atoms with E-state index in [-0.39, 0.29) is 0 Å². The smallest absolute Gasteiger partial charge is 0.337 e. The van der Waals surface area contributed by atoms with Gasteiger partial charge in [0.1, 0.15) is 11.5 Å². The molecule has 0 aliphatic rings. The molecule has 0 saturated carbocycles. The molecule has 0 bridgehead atoms. The number of hydrogen-bond donors (Lipinski definition) is 0. The lowest BCUT2D eigenvalue weighted by Gasteiger charge is -2.14. The molecule has 0 aliphatic carbocycles. The van der Waals surface area contributed by atoms with Gasteiger partial charge < -0.3 is 14.2 Å². The van der Waals surface area contributed by atoms with Crippen LogP contribution in [0.15, 0.2) is 30.3 Å². The van der Waals surface area contributed by atoms with Crippen molar-refractivity contribution in [3.63, 3.8) is 0 Å². The van der Waals surface area contributed by atoms with Crippen LogP contribution in [-0.2, 0) is 4.74 Å². The first-order valence-electron chi connectivity index (χ1n) is 6.62. The molecule has 2 aromatic rings. The van der Waals surface area contributed by atoms with Crippen molar-refractivity contribution in [2.24, 2.45) is 0 Å². The number of hydrogen-bond acceptors (Lipinski definition) is 4. The van der Waals surface area contributed by atoms with Gasteiger partial charge >= 0.3 is 5.97 Å². The lowest BCUT2D eigenvalue weighted by Crippen LogP contribution is -2.02. The first-order valence-corrected chi connectivity index (χ1v) is 7.00. The van der Waals surface area contributed by atoms with Crippen LogP contribution in [0.3, 0.4) is 0 Å². The predicted molar refractivity (Wildman–Crippen MR) is 86.1 cm³/mol. The Morgan fingerprint density at radius 2 is 1.64 bits per heavy atom. The zero-order valence-corrected chi connectivity index (χ0v) is 13.7. The van der Waals surface area contributed by atoms with Gasteiger partial charge in [0.15, 0.2) is 0 Å². The van der Waals surface area contributed by atoms with Crippen molar-refractivity contribution in [3.05, 3.63) is 46.5 Å². The number of halogens is 1. The van der Waals surface area contributed by atoms with Gasteiger partial charge in [-0.1, -0.05) is 11.6 Å². The van der Waals surface area contributed by atoms with Crippen LogP contribution in [0.25, 0.3) is 11.1 Å². The number of ether oxygens (including phenoxy) is 3. The summed E-state index contributed by atoms with van der Waals surface area (Å²) in [6, 6.07) is 8.85. The summed E-state index contributed by atoms with van der Waals surface area (Å²) in [6.45, 7) is 1.96. The summed E-state index contributed by atoms with van der Waals surface area (Å²) in [5.74, 6) is 0.787. The zero-order chi connectivity index (χ0) is 16.3. The molecule has 0 aliphatic heterocycles. The number of carbonyl (C=O) groups is 1. The molecule has 4 nitrogen and oxygen atoms in total. The van der Waals surface area contributed by atoms with Crippen LogP contribution < -0.4 is 9.47 Å². The van der Waals surface area contributed by atoms with Crippen molar-refractivity contribution >= 4 is 17.6 Å². The number of aryl methyl sites for hydroxylation is 1. The summed E-state index contributed by atoms with van der Waals surface area (Å²) in [7, 11) is 4.47. The number of methoxy groups -OCH3 is 3. The minimum atomic E-state index is -0.408. The Bertz CT molecular complexity index is 710. The van der Waals surface area contributed by atoms with Crippen LogP contribution in [0.2, 0.25) is 5.02 Å². The highest BCUT2D eigenvalue weighted by atomic mass is 35.5. The Kier molecular flexibility index (Phi) is 4.93. The zero-order valence-electron chi connectivity index (χ0n) is 12.9. The van der Waals surface area contributed by atoms with Crippen LogP contribution in [-0.4, -0.2) is 27.3 Å².